The monoisotopic (exact) mass is 273 g/mol. The summed E-state index contributed by atoms with van der Waals surface area (Å²) in [5, 5.41) is 18.1. The minimum Gasteiger partial charge on any atom is -0.386 e. The minimum atomic E-state index is -0.447. The maximum atomic E-state index is 10.3. The Morgan fingerprint density at radius 2 is 2.27 bits per heavy atom. The highest BCUT2D eigenvalue weighted by molar-refractivity contribution is 9.10. The first-order valence-corrected chi connectivity index (χ1v) is 6.13. The molecule has 1 aromatic rings. The number of aliphatic hydroxyl groups excluding tert-OH is 1. The molecule has 0 amide bonds. The molecule has 5 heteroatoms. The Hall–Kier alpha value is -0.420. The van der Waals surface area contributed by atoms with E-state index in [0.717, 1.165) is 12.1 Å². The van der Waals surface area contributed by atoms with Gasteiger partial charge in [0.25, 0.3) is 0 Å². The molecule has 0 radical (unpaired) electrons. The van der Waals surface area contributed by atoms with Crippen LogP contribution >= 0.6 is 15.9 Å². The van der Waals surface area contributed by atoms with E-state index in [1.165, 1.54) is 12.8 Å². The van der Waals surface area contributed by atoms with E-state index in [1.807, 2.05) is 7.05 Å². The highest BCUT2D eigenvalue weighted by Gasteiger charge is 2.33. The zero-order chi connectivity index (χ0) is 11.0. The van der Waals surface area contributed by atoms with Crippen LogP contribution in [-0.2, 0) is 7.05 Å². The van der Waals surface area contributed by atoms with E-state index in [9.17, 15) is 5.11 Å². The summed E-state index contributed by atoms with van der Waals surface area (Å²) in [7, 11) is 1.82. The van der Waals surface area contributed by atoms with Crippen molar-refractivity contribution in [2.24, 2.45) is 18.9 Å². The summed E-state index contributed by atoms with van der Waals surface area (Å²) in [5.41, 5.74) is 0.800. The van der Waals surface area contributed by atoms with Crippen molar-refractivity contribution in [2.75, 3.05) is 0 Å². The van der Waals surface area contributed by atoms with Gasteiger partial charge in [-0.15, -0.1) is 5.10 Å². The Morgan fingerprint density at radius 3 is 2.73 bits per heavy atom. The molecule has 2 rings (SSSR count). The molecule has 1 saturated carbocycles. The molecular weight excluding hydrogens is 258 g/mol. The van der Waals surface area contributed by atoms with Crippen LogP contribution in [0.4, 0.5) is 0 Å². The second kappa shape index (κ2) is 4.22. The van der Waals surface area contributed by atoms with Gasteiger partial charge in [-0.3, -0.25) is 0 Å². The highest BCUT2D eigenvalue weighted by Crippen LogP contribution is 2.40. The number of hydrogen-bond acceptors (Lipinski definition) is 3. The quantitative estimate of drug-likeness (QED) is 0.898. The fourth-order valence-electron chi connectivity index (χ4n) is 2.50. The molecule has 1 aromatic heterocycles. The van der Waals surface area contributed by atoms with Crippen LogP contribution in [0, 0.1) is 11.8 Å². The van der Waals surface area contributed by atoms with Crippen molar-refractivity contribution < 1.29 is 5.11 Å². The molecular formula is C10H16BrN3O. The van der Waals surface area contributed by atoms with Gasteiger partial charge in [0.1, 0.15) is 11.8 Å². The largest absolute Gasteiger partial charge is 0.386 e. The zero-order valence-corrected chi connectivity index (χ0v) is 10.6. The molecule has 0 spiro atoms. The summed E-state index contributed by atoms with van der Waals surface area (Å²) in [6, 6.07) is 0. The van der Waals surface area contributed by atoms with E-state index in [1.54, 1.807) is 4.68 Å². The van der Waals surface area contributed by atoms with E-state index in [0.29, 0.717) is 16.4 Å². The standard InChI is InChI=1S/C10H16BrN3O/c1-6-4-3-5-7(6)9(15)8-10(11)12-13-14(8)2/h6-7,9,15H,3-5H2,1-2H3. The molecule has 3 atom stereocenters. The molecule has 1 heterocycles. The van der Waals surface area contributed by atoms with Crippen LogP contribution in [0.25, 0.3) is 0 Å². The average Bonchev–Trinajstić information content (AvgIpc) is 2.73. The Morgan fingerprint density at radius 1 is 1.53 bits per heavy atom. The smallest absolute Gasteiger partial charge is 0.154 e. The van der Waals surface area contributed by atoms with Crippen molar-refractivity contribution >= 4 is 15.9 Å². The van der Waals surface area contributed by atoms with E-state index in [2.05, 4.69) is 33.2 Å². The Balaban J connectivity index is 2.23. The number of halogens is 1. The lowest BCUT2D eigenvalue weighted by Gasteiger charge is -2.22. The van der Waals surface area contributed by atoms with Gasteiger partial charge >= 0.3 is 0 Å². The third-order valence-electron chi connectivity index (χ3n) is 3.44. The molecule has 0 saturated heterocycles. The third-order valence-corrected chi connectivity index (χ3v) is 4.01. The SMILES string of the molecule is CC1CCCC1C(O)c1c(Br)nnn1C. The van der Waals surface area contributed by atoms with Crippen molar-refractivity contribution in [3.8, 4) is 0 Å². The predicted molar refractivity (Wildman–Crippen MR) is 60.2 cm³/mol. The first-order valence-electron chi connectivity index (χ1n) is 5.34. The van der Waals surface area contributed by atoms with Crippen LogP contribution in [0.2, 0.25) is 0 Å². The van der Waals surface area contributed by atoms with Crippen molar-refractivity contribution in [2.45, 2.75) is 32.3 Å². The second-order valence-electron chi connectivity index (χ2n) is 4.41. The van der Waals surface area contributed by atoms with Crippen LogP contribution in [0.15, 0.2) is 4.60 Å². The zero-order valence-electron chi connectivity index (χ0n) is 9.02. The van der Waals surface area contributed by atoms with Gasteiger partial charge in [0, 0.05) is 7.05 Å². The van der Waals surface area contributed by atoms with E-state index >= 15 is 0 Å². The number of hydrogen-bond donors (Lipinski definition) is 1. The molecule has 4 nitrogen and oxygen atoms in total. The molecule has 0 bridgehead atoms. The summed E-state index contributed by atoms with van der Waals surface area (Å²) in [6.45, 7) is 2.21. The Bertz CT molecular complexity index is 333. The van der Waals surface area contributed by atoms with Gasteiger partial charge in [0.15, 0.2) is 4.60 Å². The molecule has 1 aliphatic rings. The normalized spacial score (nSPS) is 28.3. The first kappa shape index (κ1) is 11.1. The van der Waals surface area contributed by atoms with Gasteiger partial charge < -0.3 is 5.11 Å². The van der Waals surface area contributed by atoms with E-state index in [4.69, 9.17) is 0 Å². The van der Waals surface area contributed by atoms with Crippen molar-refractivity contribution in [3.05, 3.63) is 10.3 Å². The number of aliphatic hydroxyl groups is 1. The second-order valence-corrected chi connectivity index (χ2v) is 5.16. The molecule has 1 fully saturated rings. The van der Waals surface area contributed by atoms with E-state index < -0.39 is 6.10 Å². The van der Waals surface area contributed by atoms with Crippen LogP contribution in [0.5, 0.6) is 0 Å². The topological polar surface area (TPSA) is 50.9 Å². The maximum Gasteiger partial charge on any atom is 0.154 e. The number of aryl methyl sites for hydroxylation is 1. The lowest BCUT2D eigenvalue weighted by atomic mass is 9.91. The molecule has 0 aliphatic heterocycles. The van der Waals surface area contributed by atoms with Gasteiger partial charge in [-0.1, -0.05) is 25.0 Å². The minimum absolute atomic E-state index is 0.346. The fourth-order valence-corrected chi connectivity index (χ4v) is 3.06. The van der Waals surface area contributed by atoms with E-state index in [-0.39, 0.29) is 0 Å². The Labute approximate surface area is 97.8 Å². The third kappa shape index (κ3) is 1.95. The predicted octanol–water partition coefficient (Wildman–Crippen LogP) is 2.05. The summed E-state index contributed by atoms with van der Waals surface area (Å²) in [4.78, 5) is 0. The maximum absolute atomic E-state index is 10.3. The highest BCUT2D eigenvalue weighted by atomic mass is 79.9. The van der Waals surface area contributed by atoms with Crippen molar-refractivity contribution in [1.29, 1.82) is 0 Å². The first-order chi connectivity index (χ1) is 7.11. The number of rotatable bonds is 2. The average molecular weight is 274 g/mol. The molecule has 15 heavy (non-hydrogen) atoms. The lowest BCUT2D eigenvalue weighted by molar-refractivity contribution is 0.0819. The van der Waals surface area contributed by atoms with Gasteiger partial charge in [-0.25, -0.2) is 4.68 Å². The van der Waals surface area contributed by atoms with Gasteiger partial charge in [-0.2, -0.15) is 0 Å². The summed E-state index contributed by atoms with van der Waals surface area (Å²) in [6.07, 6.45) is 3.08. The van der Waals surface area contributed by atoms with Gasteiger partial charge in [0.05, 0.1) is 0 Å². The van der Waals surface area contributed by atoms with Crippen molar-refractivity contribution in [1.82, 2.24) is 15.0 Å². The molecule has 1 N–H and O–H groups in total. The number of nitrogens with zero attached hydrogens (tertiary/aromatic N) is 3. The Kier molecular flexibility index (Phi) is 3.11. The molecule has 3 unspecified atom stereocenters. The van der Waals surface area contributed by atoms with Crippen LogP contribution in [-0.4, -0.2) is 20.1 Å². The number of aromatic nitrogens is 3. The fraction of sp³-hybridized carbons (Fsp3) is 0.800. The molecule has 1 aliphatic carbocycles. The van der Waals surface area contributed by atoms with Crippen LogP contribution < -0.4 is 0 Å². The van der Waals surface area contributed by atoms with Crippen LogP contribution in [0.3, 0.4) is 0 Å². The summed E-state index contributed by atoms with van der Waals surface area (Å²) >= 11 is 3.33. The summed E-state index contributed by atoms with van der Waals surface area (Å²) in [5.74, 6) is 0.931. The molecule has 0 aromatic carbocycles. The van der Waals surface area contributed by atoms with Crippen LogP contribution in [0.1, 0.15) is 38.0 Å². The summed E-state index contributed by atoms with van der Waals surface area (Å²) < 4.78 is 2.32. The van der Waals surface area contributed by atoms with Crippen molar-refractivity contribution in [3.63, 3.8) is 0 Å². The lowest BCUT2D eigenvalue weighted by Crippen LogP contribution is -2.18. The van der Waals surface area contributed by atoms with Gasteiger partial charge in [0.2, 0.25) is 0 Å². The van der Waals surface area contributed by atoms with Gasteiger partial charge in [-0.05, 0) is 34.2 Å². The molecule has 84 valence electrons.